The number of anilines is 1. The standard InChI is InChI=1S/C20H27FN2O2S2/c1-15(24)16-6-7-19(18(21)14-16)22-9-11-23(12-10-22)20(25)5-3-2-4-17-8-13-26-27-17/h6-7,14,17H,2-5,8-13H2,1H3. The Labute approximate surface area is 168 Å². The molecule has 2 aliphatic rings. The summed E-state index contributed by atoms with van der Waals surface area (Å²) in [5, 5.41) is 0.776. The lowest BCUT2D eigenvalue weighted by atomic mass is 10.1. The molecule has 0 aromatic heterocycles. The molecule has 3 rings (SSSR count). The summed E-state index contributed by atoms with van der Waals surface area (Å²) >= 11 is 0. The summed E-state index contributed by atoms with van der Waals surface area (Å²) < 4.78 is 14.3. The number of ketones is 1. The minimum absolute atomic E-state index is 0.138. The summed E-state index contributed by atoms with van der Waals surface area (Å²) in [6, 6.07) is 4.64. The highest BCUT2D eigenvalue weighted by Crippen LogP contribution is 2.39. The molecule has 1 amide bonds. The lowest BCUT2D eigenvalue weighted by Gasteiger charge is -2.36. The highest BCUT2D eigenvalue weighted by molar-refractivity contribution is 8.77. The van der Waals surface area contributed by atoms with Crippen LogP contribution in [0.25, 0.3) is 0 Å². The van der Waals surface area contributed by atoms with Crippen LogP contribution < -0.4 is 4.90 Å². The maximum absolute atomic E-state index is 14.3. The summed E-state index contributed by atoms with van der Waals surface area (Å²) in [5.74, 6) is 0.971. The van der Waals surface area contributed by atoms with Gasteiger partial charge >= 0.3 is 0 Å². The first-order chi connectivity index (χ1) is 13.0. The number of piperazine rings is 1. The molecule has 0 saturated carbocycles. The quantitative estimate of drug-likeness (QED) is 0.379. The van der Waals surface area contributed by atoms with Crippen LogP contribution in [0.15, 0.2) is 18.2 Å². The maximum Gasteiger partial charge on any atom is 0.222 e. The number of amides is 1. The average molecular weight is 411 g/mol. The summed E-state index contributed by atoms with van der Waals surface area (Å²) in [6.45, 7) is 3.93. The smallest absolute Gasteiger partial charge is 0.222 e. The number of unbranched alkanes of at least 4 members (excludes halogenated alkanes) is 1. The molecule has 0 bridgehead atoms. The molecule has 2 heterocycles. The van der Waals surface area contributed by atoms with Crippen molar-refractivity contribution in [1.29, 1.82) is 0 Å². The van der Waals surface area contributed by atoms with Crippen LogP contribution >= 0.6 is 21.6 Å². The van der Waals surface area contributed by atoms with E-state index in [9.17, 15) is 14.0 Å². The highest BCUT2D eigenvalue weighted by atomic mass is 33.1. The third kappa shape index (κ3) is 5.64. The molecule has 148 valence electrons. The third-order valence-corrected chi connectivity index (χ3v) is 8.23. The van der Waals surface area contributed by atoms with Crippen LogP contribution in [-0.4, -0.2) is 53.8 Å². The second-order valence-corrected chi connectivity index (χ2v) is 9.95. The zero-order chi connectivity index (χ0) is 19.2. The molecule has 1 aromatic carbocycles. The summed E-state index contributed by atoms with van der Waals surface area (Å²) in [4.78, 5) is 27.6. The number of halogens is 1. The first-order valence-corrected chi connectivity index (χ1v) is 12.0. The van der Waals surface area contributed by atoms with E-state index in [-0.39, 0.29) is 17.5 Å². The molecule has 2 aliphatic heterocycles. The largest absolute Gasteiger partial charge is 0.366 e. The Morgan fingerprint density at radius 3 is 2.59 bits per heavy atom. The molecule has 0 radical (unpaired) electrons. The predicted molar refractivity (Wildman–Crippen MR) is 112 cm³/mol. The summed E-state index contributed by atoms with van der Waals surface area (Å²) in [5.41, 5.74) is 0.902. The number of benzene rings is 1. The van der Waals surface area contributed by atoms with Crippen LogP contribution in [-0.2, 0) is 4.79 Å². The monoisotopic (exact) mass is 410 g/mol. The minimum Gasteiger partial charge on any atom is -0.366 e. The SMILES string of the molecule is CC(=O)c1ccc(N2CCN(C(=O)CCCCC3CCSS3)CC2)c(F)c1. The molecular formula is C20H27FN2O2S2. The van der Waals surface area contributed by atoms with Gasteiger partial charge in [0.25, 0.3) is 0 Å². The molecule has 0 N–H and O–H groups in total. The van der Waals surface area contributed by atoms with Crippen LogP contribution in [0.3, 0.4) is 0 Å². The number of carbonyl (C=O) groups excluding carboxylic acids is 2. The van der Waals surface area contributed by atoms with Gasteiger partial charge in [-0.05, 0) is 44.4 Å². The van der Waals surface area contributed by atoms with E-state index in [1.54, 1.807) is 12.1 Å². The van der Waals surface area contributed by atoms with Gasteiger partial charge in [-0.3, -0.25) is 9.59 Å². The molecule has 7 heteroatoms. The molecule has 4 nitrogen and oxygen atoms in total. The van der Waals surface area contributed by atoms with E-state index >= 15 is 0 Å². The van der Waals surface area contributed by atoms with Gasteiger partial charge in [0.05, 0.1) is 5.69 Å². The van der Waals surface area contributed by atoms with Crippen molar-refractivity contribution in [2.45, 2.75) is 44.3 Å². The molecule has 2 saturated heterocycles. The molecule has 2 fully saturated rings. The first kappa shape index (κ1) is 20.5. The van der Waals surface area contributed by atoms with Gasteiger partial charge in [0.2, 0.25) is 5.91 Å². The first-order valence-electron chi connectivity index (χ1n) is 9.66. The van der Waals surface area contributed by atoms with Crippen molar-refractivity contribution in [2.75, 3.05) is 36.8 Å². The number of hydrogen-bond acceptors (Lipinski definition) is 5. The molecular weight excluding hydrogens is 383 g/mol. The van der Waals surface area contributed by atoms with Crippen molar-refractivity contribution < 1.29 is 14.0 Å². The number of Topliss-reactive ketones (excluding diaryl/α,β-unsaturated/α-hetero) is 1. The van der Waals surface area contributed by atoms with Gasteiger partial charge in [0.1, 0.15) is 5.82 Å². The van der Waals surface area contributed by atoms with Crippen molar-refractivity contribution in [3.8, 4) is 0 Å². The lowest BCUT2D eigenvalue weighted by molar-refractivity contribution is -0.131. The Morgan fingerprint density at radius 2 is 1.96 bits per heavy atom. The van der Waals surface area contributed by atoms with E-state index in [1.165, 1.54) is 31.6 Å². The van der Waals surface area contributed by atoms with Gasteiger partial charge in [-0.1, -0.05) is 28.0 Å². The number of carbonyl (C=O) groups is 2. The molecule has 1 aromatic rings. The van der Waals surface area contributed by atoms with Crippen molar-refractivity contribution in [2.24, 2.45) is 0 Å². The van der Waals surface area contributed by atoms with Crippen molar-refractivity contribution in [1.82, 2.24) is 4.90 Å². The van der Waals surface area contributed by atoms with E-state index < -0.39 is 0 Å². The van der Waals surface area contributed by atoms with E-state index in [0.29, 0.717) is 43.9 Å². The van der Waals surface area contributed by atoms with E-state index in [0.717, 1.165) is 18.1 Å². The molecule has 27 heavy (non-hydrogen) atoms. The van der Waals surface area contributed by atoms with Gasteiger partial charge in [-0.15, -0.1) is 0 Å². The number of rotatable bonds is 7. The minimum atomic E-state index is -0.370. The summed E-state index contributed by atoms with van der Waals surface area (Å²) in [7, 11) is 3.96. The Kier molecular flexibility index (Phi) is 7.47. The van der Waals surface area contributed by atoms with Gasteiger partial charge in [-0.2, -0.15) is 0 Å². The highest BCUT2D eigenvalue weighted by Gasteiger charge is 2.23. The molecule has 0 aliphatic carbocycles. The number of nitrogens with zero attached hydrogens (tertiary/aromatic N) is 2. The lowest BCUT2D eigenvalue weighted by Crippen LogP contribution is -2.49. The van der Waals surface area contributed by atoms with Crippen molar-refractivity contribution >= 4 is 39.0 Å². The van der Waals surface area contributed by atoms with Crippen LogP contribution in [0.2, 0.25) is 0 Å². The van der Waals surface area contributed by atoms with Crippen LogP contribution in [0.4, 0.5) is 10.1 Å². The Hall–Kier alpha value is -1.21. The molecule has 1 atom stereocenters. The van der Waals surface area contributed by atoms with Crippen molar-refractivity contribution in [3.05, 3.63) is 29.6 Å². The van der Waals surface area contributed by atoms with Gasteiger partial charge in [0.15, 0.2) is 5.78 Å². The fourth-order valence-corrected chi connectivity index (χ4v) is 6.58. The van der Waals surface area contributed by atoms with Crippen LogP contribution in [0, 0.1) is 5.82 Å². The average Bonchev–Trinajstić information content (AvgIpc) is 3.18. The van der Waals surface area contributed by atoms with E-state index in [1.807, 2.05) is 31.4 Å². The Morgan fingerprint density at radius 1 is 1.19 bits per heavy atom. The topological polar surface area (TPSA) is 40.6 Å². The van der Waals surface area contributed by atoms with E-state index in [4.69, 9.17) is 0 Å². The van der Waals surface area contributed by atoms with Gasteiger partial charge in [0, 0.05) is 49.2 Å². The second-order valence-electron chi connectivity index (χ2n) is 7.16. The number of hydrogen-bond donors (Lipinski definition) is 0. The fourth-order valence-electron chi connectivity index (χ4n) is 3.55. The Balaban J connectivity index is 1.41. The molecule has 1 unspecified atom stereocenters. The Bertz CT molecular complexity index is 672. The van der Waals surface area contributed by atoms with Gasteiger partial charge in [-0.25, -0.2) is 4.39 Å². The van der Waals surface area contributed by atoms with Crippen LogP contribution in [0.1, 0.15) is 49.4 Å². The maximum atomic E-state index is 14.3. The third-order valence-electron chi connectivity index (χ3n) is 5.22. The normalized spacial score (nSPS) is 20.1. The molecule has 0 spiro atoms. The zero-order valence-electron chi connectivity index (χ0n) is 15.8. The van der Waals surface area contributed by atoms with E-state index in [2.05, 4.69) is 0 Å². The van der Waals surface area contributed by atoms with Crippen molar-refractivity contribution in [3.63, 3.8) is 0 Å². The second kappa shape index (κ2) is 9.82. The van der Waals surface area contributed by atoms with Crippen LogP contribution in [0.5, 0.6) is 0 Å². The summed E-state index contributed by atoms with van der Waals surface area (Å²) in [6.07, 6.45) is 5.22. The zero-order valence-corrected chi connectivity index (χ0v) is 17.4. The predicted octanol–water partition coefficient (Wildman–Crippen LogP) is 4.39. The van der Waals surface area contributed by atoms with Gasteiger partial charge < -0.3 is 9.80 Å². The fraction of sp³-hybridized carbons (Fsp3) is 0.600.